The van der Waals surface area contributed by atoms with Crippen LogP contribution in [0.3, 0.4) is 0 Å². The van der Waals surface area contributed by atoms with E-state index in [2.05, 4.69) is 5.32 Å². The van der Waals surface area contributed by atoms with Crippen molar-refractivity contribution in [2.75, 3.05) is 6.61 Å². The minimum absolute atomic E-state index is 0.0354. The molecule has 0 bridgehead atoms. The quantitative estimate of drug-likeness (QED) is 0.764. The van der Waals surface area contributed by atoms with E-state index >= 15 is 0 Å². The SMILES string of the molecule is Cc1ccc(OCC(=O)NC(C)CCCC(=O)O)cc1. The molecule has 1 unspecified atom stereocenters. The number of aliphatic carboxylic acids is 1. The Morgan fingerprint density at radius 1 is 1.30 bits per heavy atom. The normalized spacial score (nSPS) is 11.7. The Balaban J connectivity index is 2.22. The molecule has 0 saturated carbocycles. The zero-order valence-electron chi connectivity index (χ0n) is 11.9. The molecule has 1 aromatic carbocycles. The smallest absolute Gasteiger partial charge is 0.303 e. The van der Waals surface area contributed by atoms with Crippen molar-refractivity contribution >= 4 is 11.9 Å². The molecular weight excluding hydrogens is 258 g/mol. The first-order chi connectivity index (χ1) is 9.47. The summed E-state index contributed by atoms with van der Waals surface area (Å²) >= 11 is 0. The standard InChI is InChI=1S/C15H21NO4/c1-11-6-8-13(9-7-11)20-10-14(17)16-12(2)4-3-5-15(18)19/h6-9,12H,3-5,10H2,1-2H3,(H,16,17)(H,18,19). The van der Waals surface area contributed by atoms with E-state index in [0.29, 0.717) is 18.6 Å². The van der Waals surface area contributed by atoms with Crippen molar-refractivity contribution in [3.63, 3.8) is 0 Å². The van der Waals surface area contributed by atoms with E-state index in [0.717, 1.165) is 5.56 Å². The van der Waals surface area contributed by atoms with E-state index < -0.39 is 5.97 Å². The van der Waals surface area contributed by atoms with Gasteiger partial charge in [-0.1, -0.05) is 17.7 Å². The second-order valence-corrected chi connectivity index (χ2v) is 4.86. The van der Waals surface area contributed by atoms with Gasteiger partial charge in [0, 0.05) is 12.5 Å². The highest BCUT2D eigenvalue weighted by molar-refractivity contribution is 5.77. The molecule has 2 N–H and O–H groups in total. The predicted molar refractivity (Wildman–Crippen MR) is 75.8 cm³/mol. The lowest BCUT2D eigenvalue weighted by atomic mass is 10.1. The number of hydrogen-bond acceptors (Lipinski definition) is 3. The number of amides is 1. The molecule has 0 aliphatic carbocycles. The van der Waals surface area contributed by atoms with Gasteiger partial charge in [0.1, 0.15) is 5.75 Å². The van der Waals surface area contributed by atoms with Gasteiger partial charge in [-0.15, -0.1) is 0 Å². The lowest BCUT2D eigenvalue weighted by molar-refractivity contribution is -0.137. The van der Waals surface area contributed by atoms with Crippen LogP contribution in [0.5, 0.6) is 5.75 Å². The molecule has 20 heavy (non-hydrogen) atoms. The zero-order valence-corrected chi connectivity index (χ0v) is 11.9. The molecule has 0 aliphatic rings. The average Bonchev–Trinajstić information content (AvgIpc) is 2.37. The summed E-state index contributed by atoms with van der Waals surface area (Å²) in [5.41, 5.74) is 1.13. The summed E-state index contributed by atoms with van der Waals surface area (Å²) < 4.78 is 5.36. The maximum Gasteiger partial charge on any atom is 0.303 e. The monoisotopic (exact) mass is 279 g/mol. The number of nitrogens with one attached hydrogen (secondary N) is 1. The maximum absolute atomic E-state index is 11.6. The van der Waals surface area contributed by atoms with Crippen molar-refractivity contribution in [1.29, 1.82) is 0 Å². The van der Waals surface area contributed by atoms with Crippen molar-refractivity contribution in [1.82, 2.24) is 5.32 Å². The van der Waals surface area contributed by atoms with Crippen LogP contribution in [0.25, 0.3) is 0 Å². The molecular formula is C15H21NO4. The van der Waals surface area contributed by atoms with Crippen molar-refractivity contribution in [2.45, 2.75) is 39.2 Å². The summed E-state index contributed by atoms with van der Waals surface area (Å²) in [5.74, 6) is -0.357. The van der Waals surface area contributed by atoms with Crippen LogP contribution in [0.1, 0.15) is 31.7 Å². The summed E-state index contributed by atoms with van der Waals surface area (Å²) in [6, 6.07) is 7.42. The van der Waals surface area contributed by atoms with Crippen molar-refractivity contribution < 1.29 is 19.4 Å². The highest BCUT2D eigenvalue weighted by Gasteiger charge is 2.08. The van der Waals surface area contributed by atoms with Gasteiger partial charge >= 0.3 is 5.97 Å². The lowest BCUT2D eigenvalue weighted by Gasteiger charge is -2.13. The van der Waals surface area contributed by atoms with Gasteiger partial charge in [-0.3, -0.25) is 9.59 Å². The number of hydrogen-bond donors (Lipinski definition) is 2. The maximum atomic E-state index is 11.6. The molecule has 5 heteroatoms. The summed E-state index contributed by atoms with van der Waals surface area (Å²) in [7, 11) is 0. The van der Waals surface area contributed by atoms with Gasteiger partial charge in [-0.2, -0.15) is 0 Å². The Morgan fingerprint density at radius 2 is 1.95 bits per heavy atom. The van der Waals surface area contributed by atoms with Gasteiger partial charge in [0.05, 0.1) is 0 Å². The number of benzene rings is 1. The molecule has 0 spiro atoms. The lowest BCUT2D eigenvalue weighted by Crippen LogP contribution is -2.36. The van der Waals surface area contributed by atoms with Gasteiger partial charge < -0.3 is 15.2 Å². The van der Waals surface area contributed by atoms with Gasteiger partial charge in [-0.25, -0.2) is 0 Å². The molecule has 0 aromatic heterocycles. The topological polar surface area (TPSA) is 75.6 Å². The number of rotatable bonds is 8. The molecule has 0 aliphatic heterocycles. The van der Waals surface area contributed by atoms with E-state index in [1.165, 1.54) is 0 Å². The molecule has 1 rings (SSSR count). The number of carboxylic acid groups (broad SMARTS) is 1. The summed E-state index contributed by atoms with van der Waals surface area (Å²) in [6.07, 6.45) is 1.32. The predicted octanol–water partition coefficient (Wildman–Crippen LogP) is 2.13. The van der Waals surface area contributed by atoms with Gasteiger partial charge in [0.15, 0.2) is 6.61 Å². The van der Waals surface area contributed by atoms with Crippen LogP contribution in [0, 0.1) is 6.92 Å². The first kappa shape index (κ1) is 16.0. The largest absolute Gasteiger partial charge is 0.484 e. The number of carboxylic acids is 1. The molecule has 0 fully saturated rings. The van der Waals surface area contributed by atoms with E-state index in [-0.39, 0.29) is 25.0 Å². The Hall–Kier alpha value is -2.04. The average molecular weight is 279 g/mol. The van der Waals surface area contributed by atoms with Gasteiger partial charge in [0.25, 0.3) is 5.91 Å². The van der Waals surface area contributed by atoms with E-state index in [9.17, 15) is 9.59 Å². The number of aryl methyl sites for hydroxylation is 1. The van der Waals surface area contributed by atoms with Crippen LogP contribution in [0.15, 0.2) is 24.3 Å². The summed E-state index contributed by atoms with van der Waals surface area (Å²) in [6.45, 7) is 3.80. The zero-order chi connectivity index (χ0) is 15.0. The Morgan fingerprint density at radius 3 is 2.55 bits per heavy atom. The van der Waals surface area contributed by atoms with Gasteiger partial charge in [0.2, 0.25) is 0 Å². The first-order valence-corrected chi connectivity index (χ1v) is 6.68. The molecule has 0 saturated heterocycles. The number of carbonyl (C=O) groups excluding carboxylic acids is 1. The Labute approximate surface area is 118 Å². The van der Waals surface area contributed by atoms with Crippen LogP contribution in [-0.4, -0.2) is 29.6 Å². The Bertz CT molecular complexity index is 442. The molecule has 110 valence electrons. The first-order valence-electron chi connectivity index (χ1n) is 6.68. The van der Waals surface area contributed by atoms with Crippen LogP contribution < -0.4 is 10.1 Å². The fourth-order valence-electron chi connectivity index (χ4n) is 1.73. The molecule has 5 nitrogen and oxygen atoms in total. The third-order valence-electron chi connectivity index (χ3n) is 2.83. The fourth-order valence-corrected chi connectivity index (χ4v) is 1.73. The molecule has 0 radical (unpaired) electrons. The minimum atomic E-state index is -0.814. The molecule has 0 heterocycles. The van der Waals surface area contributed by atoms with E-state index in [4.69, 9.17) is 9.84 Å². The van der Waals surface area contributed by atoms with E-state index in [1.54, 1.807) is 0 Å². The Kier molecular flexibility index (Phi) is 6.56. The fraction of sp³-hybridized carbons (Fsp3) is 0.467. The molecule has 1 amide bonds. The van der Waals surface area contributed by atoms with Crippen LogP contribution >= 0.6 is 0 Å². The minimum Gasteiger partial charge on any atom is -0.484 e. The van der Waals surface area contributed by atoms with E-state index in [1.807, 2.05) is 38.1 Å². The summed E-state index contributed by atoms with van der Waals surface area (Å²) in [4.78, 5) is 22.0. The molecule has 1 aromatic rings. The number of ether oxygens (including phenoxy) is 1. The third kappa shape index (κ3) is 6.78. The van der Waals surface area contributed by atoms with Crippen molar-refractivity contribution in [3.8, 4) is 5.75 Å². The highest BCUT2D eigenvalue weighted by Crippen LogP contribution is 2.11. The third-order valence-corrected chi connectivity index (χ3v) is 2.83. The number of carbonyl (C=O) groups is 2. The van der Waals surface area contributed by atoms with Gasteiger partial charge in [-0.05, 0) is 38.8 Å². The highest BCUT2D eigenvalue weighted by atomic mass is 16.5. The second-order valence-electron chi connectivity index (χ2n) is 4.86. The summed E-state index contributed by atoms with van der Waals surface area (Å²) in [5, 5.41) is 11.3. The van der Waals surface area contributed by atoms with Crippen LogP contribution in [0.2, 0.25) is 0 Å². The van der Waals surface area contributed by atoms with Crippen molar-refractivity contribution in [3.05, 3.63) is 29.8 Å². The van der Waals surface area contributed by atoms with Crippen LogP contribution in [-0.2, 0) is 9.59 Å². The van der Waals surface area contributed by atoms with Crippen molar-refractivity contribution in [2.24, 2.45) is 0 Å². The second kappa shape index (κ2) is 8.19. The molecule has 1 atom stereocenters. The van der Waals surface area contributed by atoms with Crippen LogP contribution in [0.4, 0.5) is 0 Å².